The molecule has 0 heterocycles. The van der Waals surface area contributed by atoms with Crippen LogP contribution in [0.25, 0.3) is 0 Å². The summed E-state index contributed by atoms with van der Waals surface area (Å²) in [7, 11) is 0. The lowest BCUT2D eigenvalue weighted by Crippen LogP contribution is -2.51. The average Bonchev–Trinajstić information content (AvgIpc) is 2.49. The number of rotatable bonds is 5. The first-order valence-electron chi connectivity index (χ1n) is 5.70. The summed E-state index contributed by atoms with van der Waals surface area (Å²) in [5.41, 5.74) is -2.41. The third kappa shape index (κ3) is 3.39. The average molecular weight is 439 g/mol. The zero-order valence-electron chi connectivity index (χ0n) is 10.7. The van der Waals surface area contributed by atoms with Crippen LogP contribution in [-0.2, 0) is 0 Å². The lowest BCUT2D eigenvalue weighted by atomic mass is 10.0. The number of hydrogen-bond donors (Lipinski definition) is 1. The van der Waals surface area contributed by atoms with E-state index in [0.717, 1.165) is 0 Å². The molecule has 0 spiro atoms. The Bertz CT molecular complexity index is 526. The minimum atomic E-state index is -2.30. The molecule has 0 aliphatic carbocycles. The third-order valence-electron chi connectivity index (χ3n) is 3.00. The molecule has 0 radical (unpaired) electrons. The van der Waals surface area contributed by atoms with Gasteiger partial charge in [-0.1, -0.05) is 38.8 Å². The van der Waals surface area contributed by atoms with Crippen molar-refractivity contribution in [1.29, 1.82) is 0 Å². The molecular formula is C12H10Br2F5NO. The molecule has 0 aliphatic heterocycles. The molecule has 0 atom stereocenters. The van der Waals surface area contributed by atoms with E-state index in [4.69, 9.17) is 0 Å². The number of carbonyl (C=O) groups is 1. The van der Waals surface area contributed by atoms with Crippen molar-refractivity contribution >= 4 is 37.8 Å². The van der Waals surface area contributed by atoms with Gasteiger partial charge in [0.1, 0.15) is 5.56 Å². The van der Waals surface area contributed by atoms with Crippen molar-refractivity contribution in [2.45, 2.75) is 18.9 Å². The Labute approximate surface area is 134 Å². The number of amides is 1. The van der Waals surface area contributed by atoms with E-state index in [1.165, 1.54) is 0 Å². The number of alkyl halides is 2. The number of hydrogen-bond acceptors (Lipinski definition) is 1. The van der Waals surface area contributed by atoms with Crippen molar-refractivity contribution in [3.63, 3.8) is 0 Å². The topological polar surface area (TPSA) is 29.1 Å². The Hall–Kier alpha value is -0.700. The highest BCUT2D eigenvalue weighted by atomic mass is 79.9. The van der Waals surface area contributed by atoms with E-state index >= 15 is 0 Å². The molecule has 1 N–H and O–H groups in total. The first kappa shape index (κ1) is 18.3. The predicted octanol–water partition coefficient (Wildman–Crippen LogP) is 4.05. The van der Waals surface area contributed by atoms with Gasteiger partial charge in [-0.3, -0.25) is 4.79 Å². The fourth-order valence-electron chi connectivity index (χ4n) is 1.49. The first-order chi connectivity index (χ1) is 9.74. The van der Waals surface area contributed by atoms with E-state index in [1.54, 1.807) is 6.92 Å². The van der Waals surface area contributed by atoms with Crippen LogP contribution < -0.4 is 5.32 Å². The summed E-state index contributed by atoms with van der Waals surface area (Å²) in [6.45, 7) is 1.70. The second-order valence-electron chi connectivity index (χ2n) is 4.30. The van der Waals surface area contributed by atoms with Gasteiger partial charge >= 0.3 is 0 Å². The van der Waals surface area contributed by atoms with Crippen molar-refractivity contribution in [3.05, 3.63) is 34.6 Å². The van der Waals surface area contributed by atoms with Gasteiger partial charge in [-0.2, -0.15) is 0 Å². The van der Waals surface area contributed by atoms with Gasteiger partial charge in [-0.25, -0.2) is 22.0 Å². The van der Waals surface area contributed by atoms with Crippen molar-refractivity contribution in [3.8, 4) is 0 Å². The Kier molecular flexibility index (Phi) is 6.15. The van der Waals surface area contributed by atoms with E-state index in [0.29, 0.717) is 6.42 Å². The van der Waals surface area contributed by atoms with Crippen molar-refractivity contribution in [2.75, 3.05) is 10.7 Å². The monoisotopic (exact) mass is 437 g/mol. The molecule has 21 heavy (non-hydrogen) atoms. The second-order valence-corrected chi connectivity index (χ2v) is 5.42. The Morgan fingerprint density at radius 3 is 1.67 bits per heavy atom. The molecule has 0 aliphatic rings. The minimum absolute atomic E-state index is 0.225. The maximum absolute atomic E-state index is 13.5. The van der Waals surface area contributed by atoms with Gasteiger partial charge in [0.05, 0.1) is 5.54 Å². The summed E-state index contributed by atoms with van der Waals surface area (Å²) in [6, 6.07) is 0. The molecule has 0 aromatic heterocycles. The van der Waals surface area contributed by atoms with Crippen molar-refractivity contribution < 1.29 is 26.7 Å². The SMILES string of the molecule is CCC(CBr)(CBr)NC(=O)c1c(F)c(F)c(F)c(F)c1F. The number of benzene rings is 1. The molecule has 0 unspecified atom stereocenters. The van der Waals surface area contributed by atoms with Gasteiger partial charge in [0.25, 0.3) is 5.91 Å². The van der Waals surface area contributed by atoms with E-state index in [2.05, 4.69) is 37.2 Å². The van der Waals surface area contributed by atoms with Crippen LogP contribution in [0, 0.1) is 29.1 Å². The fourth-order valence-corrected chi connectivity index (χ4v) is 3.49. The summed E-state index contributed by atoms with van der Waals surface area (Å²) in [6.07, 6.45) is 0.366. The minimum Gasteiger partial charge on any atom is -0.345 e. The van der Waals surface area contributed by atoms with Crippen LogP contribution in [0.1, 0.15) is 23.7 Å². The van der Waals surface area contributed by atoms with Crippen LogP contribution in [0.4, 0.5) is 22.0 Å². The molecule has 0 fully saturated rings. The van der Waals surface area contributed by atoms with E-state index < -0.39 is 46.1 Å². The van der Waals surface area contributed by atoms with E-state index in [1.807, 2.05) is 0 Å². The molecule has 1 amide bonds. The smallest absolute Gasteiger partial charge is 0.257 e. The van der Waals surface area contributed by atoms with E-state index in [-0.39, 0.29) is 10.7 Å². The summed E-state index contributed by atoms with van der Waals surface area (Å²) in [5.74, 6) is -12.3. The van der Waals surface area contributed by atoms with E-state index in [9.17, 15) is 26.7 Å². The molecule has 9 heteroatoms. The van der Waals surface area contributed by atoms with Crippen molar-refractivity contribution in [1.82, 2.24) is 5.32 Å². The zero-order chi connectivity index (χ0) is 16.4. The predicted molar refractivity (Wildman–Crippen MR) is 74.3 cm³/mol. The Morgan fingerprint density at radius 1 is 0.952 bits per heavy atom. The molecule has 0 bridgehead atoms. The Morgan fingerprint density at radius 2 is 1.33 bits per heavy atom. The van der Waals surface area contributed by atoms with Gasteiger partial charge < -0.3 is 5.32 Å². The number of carbonyl (C=O) groups excluding carboxylic acids is 1. The van der Waals surface area contributed by atoms with Crippen LogP contribution in [-0.4, -0.2) is 22.1 Å². The van der Waals surface area contributed by atoms with Crippen LogP contribution in [0.5, 0.6) is 0 Å². The van der Waals surface area contributed by atoms with Crippen LogP contribution in [0.3, 0.4) is 0 Å². The summed E-state index contributed by atoms with van der Waals surface area (Å²) in [5, 5.41) is 2.73. The maximum atomic E-state index is 13.5. The molecular weight excluding hydrogens is 429 g/mol. The van der Waals surface area contributed by atoms with Gasteiger partial charge in [0, 0.05) is 10.7 Å². The molecule has 0 saturated carbocycles. The van der Waals surface area contributed by atoms with Crippen LogP contribution in [0.15, 0.2) is 0 Å². The highest BCUT2D eigenvalue weighted by Crippen LogP contribution is 2.24. The summed E-state index contributed by atoms with van der Waals surface area (Å²) in [4.78, 5) is 11.9. The van der Waals surface area contributed by atoms with Crippen molar-refractivity contribution in [2.24, 2.45) is 0 Å². The summed E-state index contributed by atoms with van der Waals surface area (Å²) >= 11 is 6.26. The highest BCUT2D eigenvalue weighted by molar-refractivity contribution is 9.09. The number of halogens is 7. The molecule has 118 valence electrons. The number of nitrogens with one attached hydrogen (secondary N) is 1. The lowest BCUT2D eigenvalue weighted by Gasteiger charge is -2.30. The quantitative estimate of drug-likeness (QED) is 0.319. The van der Waals surface area contributed by atoms with Gasteiger partial charge in [0.2, 0.25) is 5.82 Å². The van der Waals surface area contributed by atoms with Crippen LogP contribution >= 0.6 is 31.9 Å². The Balaban J connectivity index is 3.32. The van der Waals surface area contributed by atoms with Crippen LogP contribution in [0.2, 0.25) is 0 Å². The lowest BCUT2D eigenvalue weighted by molar-refractivity contribution is 0.0903. The summed E-state index contributed by atoms with van der Waals surface area (Å²) < 4.78 is 66.2. The first-order valence-corrected chi connectivity index (χ1v) is 7.94. The molecule has 2 nitrogen and oxygen atoms in total. The van der Waals surface area contributed by atoms with Gasteiger partial charge in [-0.15, -0.1) is 0 Å². The molecule has 1 aromatic rings. The molecule has 1 aromatic carbocycles. The van der Waals surface area contributed by atoms with Gasteiger partial charge in [0.15, 0.2) is 23.3 Å². The van der Waals surface area contributed by atoms with Gasteiger partial charge in [-0.05, 0) is 6.42 Å². The zero-order valence-corrected chi connectivity index (χ0v) is 13.8. The molecule has 1 rings (SSSR count). The standard InChI is InChI=1S/C12H10Br2F5NO/c1-2-12(3-13,4-14)20-11(21)5-6(15)8(17)10(19)9(18)7(5)16/h2-4H2,1H3,(H,20,21). The second kappa shape index (κ2) is 7.04. The normalized spacial score (nSPS) is 11.6. The molecule has 0 saturated heterocycles. The third-order valence-corrected chi connectivity index (χ3v) is 5.15. The fraction of sp³-hybridized carbons (Fsp3) is 0.417. The highest BCUT2D eigenvalue weighted by Gasteiger charge is 2.34. The largest absolute Gasteiger partial charge is 0.345 e. The maximum Gasteiger partial charge on any atom is 0.257 e.